The molecule has 0 atom stereocenters. The first kappa shape index (κ1) is 19.6. The Morgan fingerprint density at radius 3 is 2.43 bits per heavy atom. The summed E-state index contributed by atoms with van der Waals surface area (Å²) in [7, 11) is 1.50. The summed E-state index contributed by atoms with van der Waals surface area (Å²) in [5.41, 5.74) is 2.50. The van der Waals surface area contributed by atoms with Crippen LogP contribution in [0.3, 0.4) is 0 Å². The van der Waals surface area contributed by atoms with Crippen LogP contribution >= 0.6 is 15.9 Å². The molecule has 3 rings (SSSR count). The summed E-state index contributed by atoms with van der Waals surface area (Å²) in [5.74, 6) is -0.590. The highest BCUT2D eigenvalue weighted by atomic mass is 79.9. The molecule has 4 amide bonds. The molecule has 0 aliphatic carbocycles. The molecule has 0 spiro atoms. The minimum Gasteiger partial charge on any atom is -0.493 e. The summed E-state index contributed by atoms with van der Waals surface area (Å²) < 4.78 is 11.9. The van der Waals surface area contributed by atoms with Crippen LogP contribution in [0, 0.1) is 6.92 Å². The van der Waals surface area contributed by atoms with E-state index in [0.29, 0.717) is 28.1 Å². The van der Waals surface area contributed by atoms with E-state index in [1.54, 1.807) is 12.1 Å². The second kappa shape index (κ2) is 8.26. The van der Waals surface area contributed by atoms with Crippen LogP contribution in [0.25, 0.3) is 6.08 Å². The summed E-state index contributed by atoms with van der Waals surface area (Å²) in [6.45, 7) is 2.36. The van der Waals surface area contributed by atoms with Crippen molar-refractivity contribution in [3.8, 4) is 11.5 Å². The van der Waals surface area contributed by atoms with Gasteiger partial charge in [-0.15, -0.1) is 0 Å². The van der Waals surface area contributed by atoms with Crippen molar-refractivity contribution in [3.63, 3.8) is 0 Å². The van der Waals surface area contributed by atoms with Crippen LogP contribution in [0.2, 0.25) is 0 Å². The molecule has 144 valence electrons. The summed E-state index contributed by atoms with van der Waals surface area (Å²) in [4.78, 5) is 34.9. The number of aryl methyl sites for hydroxylation is 1. The number of ether oxygens (including phenoxy) is 2. The van der Waals surface area contributed by atoms with Crippen molar-refractivity contribution in [2.45, 2.75) is 13.5 Å². The lowest BCUT2D eigenvalue weighted by molar-refractivity contribution is -0.123. The Balaban J connectivity index is 1.87. The first-order chi connectivity index (χ1) is 13.4. The maximum atomic E-state index is 11.9. The number of hydrogen-bond donors (Lipinski definition) is 2. The zero-order valence-electron chi connectivity index (χ0n) is 15.2. The zero-order chi connectivity index (χ0) is 20.3. The van der Waals surface area contributed by atoms with Gasteiger partial charge in [-0.25, -0.2) is 4.79 Å². The van der Waals surface area contributed by atoms with Crippen LogP contribution in [0.15, 0.2) is 46.4 Å². The first-order valence-electron chi connectivity index (χ1n) is 8.31. The lowest BCUT2D eigenvalue weighted by Crippen LogP contribution is -2.51. The minimum absolute atomic E-state index is 0.179. The lowest BCUT2D eigenvalue weighted by atomic mass is 10.1. The van der Waals surface area contributed by atoms with E-state index in [2.05, 4.69) is 15.9 Å². The van der Waals surface area contributed by atoms with E-state index in [4.69, 9.17) is 9.47 Å². The van der Waals surface area contributed by atoms with Crippen molar-refractivity contribution in [2.24, 2.45) is 0 Å². The average Bonchev–Trinajstić information content (AvgIpc) is 2.63. The Labute approximate surface area is 169 Å². The molecule has 1 saturated heterocycles. The molecule has 1 aliphatic heterocycles. The van der Waals surface area contributed by atoms with Crippen LogP contribution < -0.4 is 20.1 Å². The van der Waals surface area contributed by atoms with E-state index in [1.807, 2.05) is 41.8 Å². The van der Waals surface area contributed by atoms with Gasteiger partial charge in [0, 0.05) is 0 Å². The Kier molecular flexibility index (Phi) is 5.79. The standard InChI is InChI=1S/C20H17BrN2O5/c1-11-4-3-5-12(6-11)10-28-17-15(21)8-13(9-16(17)27-2)7-14-18(24)22-20(26)23-19(14)25/h3-9H,10H2,1-2H3,(H2,22,23,24,25,26). The van der Waals surface area contributed by atoms with E-state index in [0.717, 1.165) is 11.1 Å². The van der Waals surface area contributed by atoms with Gasteiger partial charge in [0.2, 0.25) is 0 Å². The number of amides is 4. The third-order valence-electron chi connectivity index (χ3n) is 3.97. The molecule has 0 radical (unpaired) electrons. The molecule has 7 nitrogen and oxygen atoms in total. The molecule has 2 aromatic carbocycles. The van der Waals surface area contributed by atoms with E-state index in [9.17, 15) is 14.4 Å². The molecule has 28 heavy (non-hydrogen) atoms. The number of rotatable bonds is 5. The molecule has 2 N–H and O–H groups in total. The van der Waals surface area contributed by atoms with Crippen molar-refractivity contribution in [1.82, 2.24) is 10.6 Å². The fourth-order valence-corrected chi connectivity index (χ4v) is 3.27. The van der Waals surface area contributed by atoms with Gasteiger partial charge in [-0.3, -0.25) is 20.2 Å². The summed E-state index contributed by atoms with van der Waals surface area (Å²) in [5, 5.41) is 4.06. The van der Waals surface area contributed by atoms with Gasteiger partial charge in [-0.2, -0.15) is 0 Å². The SMILES string of the molecule is COc1cc(C=C2C(=O)NC(=O)NC2=O)cc(Br)c1OCc1cccc(C)c1. The molecule has 0 bridgehead atoms. The first-order valence-corrected chi connectivity index (χ1v) is 9.11. The van der Waals surface area contributed by atoms with Crippen LogP contribution in [0.5, 0.6) is 11.5 Å². The topological polar surface area (TPSA) is 93.7 Å². The number of carbonyl (C=O) groups is 3. The van der Waals surface area contributed by atoms with Crippen LogP contribution in [-0.2, 0) is 16.2 Å². The molecular formula is C20H17BrN2O5. The van der Waals surface area contributed by atoms with Crippen molar-refractivity contribution in [2.75, 3.05) is 7.11 Å². The second-order valence-corrected chi connectivity index (χ2v) is 6.96. The molecular weight excluding hydrogens is 428 g/mol. The zero-order valence-corrected chi connectivity index (χ0v) is 16.8. The summed E-state index contributed by atoms with van der Waals surface area (Å²) >= 11 is 3.44. The largest absolute Gasteiger partial charge is 0.493 e. The Morgan fingerprint density at radius 1 is 1.07 bits per heavy atom. The number of halogens is 1. The number of imide groups is 2. The fourth-order valence-electron chi connectivity index (χ4n) is 2.69. The van der Waals surface area contributed by atoms with Gasteiger partial charge >= 0.3 is 6.03 Å². The Hall–Kier alpha value is -3.13. The summed E-state index contributed by atoms with van der Waals surface area (Å²) in [6.07, 6.45) is 1.37. The molecule has 0 aromatic heterocycles. The van der Waals surface area contributed by atoms with Crippen molar-refractivity contribution >= 4 is 39.9 Å². The molecule has 0 unspecified atom stereocenters. The molecule has 2 aromatic rings. The van der Waals surface area contributed by atoms with Gasteiger partial charge in [-0.05, 0) is 52.2 Å². The fraction of sp³-hybridized carbons (Fsp3) is 0.150. The van der Waals surface area contributed by atoms with Crippen LogP contribution in [0.4, 0.5) is 4.79 Å². The van der Waals surface area contributed by atoms with Gasteiger partial charge in [0.1, 0.15) is 12.2 Å². The maximum absolute atomic E-state index is 11.9. The Bertz CT molecular complexity index is 978. The van der Waals surface area contributed by atoms with Crippen LogP contribution in [0.1, 0.15) is 16.7 Å². The maximum Gasteiger partial charge on any atom is 0.328 e. The number of benzene rings is 2. The predicted octanol–water partition coefficient (Wildman–Crippen LogP) is 3.09. The highest BCUT2D eigenvalue weighted by Crippen LogP contribution is 2.37. The number of carbonyl (C=O) groups excluding carboxylic acids is 3. The monoisotopic (exact) mass is 444 g/mol. The molecule has 1 heterocycles. The lowest BCUT2D eigenvalue weighted by Gasteiger charge is -2.16. The number of methoxy groups -OCH3 is 1. The van der Waals surface area contributed by atoms with Gasteiger partial charge in [0.25, 0.3) is 11.8 Å². The van der Waals surface area contributed by atoms with E-state index >= 15 is 0 Å². The van der Waals surface area contributed by atoms with Gasteiger partial charge < -0.3 is 9.47 Å². The number of nitrogens with one attached hydrogen (secondary N) is 2. The normalized spacial score (nSPS) is 13.7. The highest BCUT2D eigenvalue weighted by molar-refractivity contribution is 9.10. The van der Waals surface area contributed by atoms with Crippen LogP contribution in [-0.4, -0.2) is 25.0 Å². The number of barbiturate groups is 1. The highest BCUT2D eigenvalue weighted by Gasteiger charge is 2.27. The van der Waals surface area contributed by atoms with Gasteiger partial charge in [0.05, 0.1) is 11.6 Å². The molecule has 1 fully saturated rings. The molecule has 1 aliphatic rings. The second-order valence-electron chi connectivity index (χ2n) is 6.11. The number of hydrogen-bond acceptors (Lipinski definition) is 5. The average molecular weight is 445 g/mol. The van der Waals surface area contributed by atoms with Gasteiger partial charge in [0.15, 0.2) is 11.5 Å². The predicted molar refractivity (Wildman–Crippen MR) is 106 cm³/mol. The molecule has 0 saturated carbocycles. The minimum atomic E-state index is -0.842. The number of urea groups is 1. The summed E-state index contributed by atoms with van der Waals surface area (Å²) in [6, 6.07) is 10.5. The smallest absolute Gasteiger partial charge is 0.328 e. The van der Waals surface area contributed by atoms with Crippen molar-refractivity contribution in [1.29, 1.82) is 0 Å². The Morgan fingerprint density at radius 2 is 1.79 bits per heavy atom. The van der Waals surface area contributed by atoms with E-state index in [1.165, 1.54) is 13.2 Å². The van der Waals surface area contributed by atoms with E-state index < -0.39 is 17.8 Å². The van der Waals surface area contributed by atoms with Gasteiger partial charge in [-0.1, -0.05) is 29.8 Å². The van der Waals surface area contributed by atoms with Crippen molar-refractivity contribution in [3.05, 3.63) is 63.1 Å². The van der Waals surface area contributed by atoms with E-state index in [-0.39, 0.29) is 5.57 Å². The third-order valence-corrected chi connectivity index (χ3v) is 4.56. The molecule has 8 heteroatoms. The quantitative estimate of drug-likeness (QED) is 0.545. The van der Waals surface area contributed by atoms with Crippen molar-refractivity contribution < 1.29 is 23.9 Å². The third kappa shape index (κ3) is 4.40.